The SMILES string of the molecule is OC(/C=C/c1ccccc1)(C(Cl)Cl)C(F)(F)F. The number of rotatable bonds is 3. The van der Waals surface area contributed by atoms with E-state index >= 15 is 0 Å². The fraction of sp³-hybridized carbons (Fsp3) is 0.273. The van der Waals surface area contributed by atoms with Crippen LogP contribution in [0.1, 0.15) is 5.56 Å². The topological polar surface area (TPSA) is 20.2 Å². The molecule has 1 nitrogen and oxygen atoms in total. The van der Waals surface area contributed by atoms with Crippen LogP contribution in [0.4, 0.5) is 13.2 Å². The lowest BCUT2D eigenvalue weighted by molar-refractivity contribution is -0.234. The number of benzene rings is 1. The van der Waals surface area contributed by atoms with E-state index in [2.05, 4.69) is 0 Å². The molecule has 0 saturated heterocycles. The van der Waals surface area contributed by atoms with Crippen LogP contribution < -0.4 is 0 Å². The highest BCUT2D eigenvalue weighted by Gasteiger charge is 2.56. The molecule has 0 saturated carbocycles. The zero-order valence-corrected chi connectivity index (χ0v) is 9.97. The van der Waals surface area contributed by atoms with Crippen molar-refractivity contribution in [1.29, 1.82) is 0 Å². The van der Waals surface area contributed by atoms with E-state index in [-0.39, 0.29) is 0 Å². The Morgan fingerprint density at radius 1 is 1.12 bits per heavy atom. The first-order valence-electron chi connectivity index (χ1n) is 4.59. The van der Waals surface area contributed by atoms with Crippen LogP contribution in [0.15, 0.2) is 36.4 Å². The molecule has 17 heavy (non-hydrogen) atoms. The predicted molar refractivity (Wildman–Crippen MR) is 62.0 cm³/mol. The van der Waals surface area contributed by atoms with Crippen LogP contribution in [0.5, 0.6) is 0 Å². The molecule has 1 N–H and O–H groups in total. The first-order valence-corrected chi connectivity index (χ1v) is 5.46. The number of alkyl halides is 5. The van der Waals surface area contributed by atoms with Crippen LogP contribution >= 0.6 is 23.2 Å². The number of aliphatic hydroxyl groups is 1. The Bertz CT molecular complexity index is 389. The summed E-state index contributed by atoms with van der Waals surface area (Å²) in [5, 5.41) is 9.41. The molecular weight excluding hydrogens is 276 g/mol. The van der Waals surface area contributed by atoms with Gasteiger partial charge in [0.05, 0.1) is 0 Å². The molecule has 94 valence electrons. The van der Waals surface area contributed by atoms with E-state index < -0.39 is 16.6 Å². The van der Waals surface area contributed by atoms with E-state index in [1.807, 2.05) is 0 Å². The van der Waals surface area contributed by atoms with Crippen LogP contribution in [0.25, 0.3) is 6.08 Å². The average Bonchev–Trinajstić information content (AvgIpc) is 2.25. The molecular formula is C11H9Cl2F3O. The van der Waals surface area contributed by atoms with Gasteiger partial charge in [-0.2, -0.15) is 13.2 Å². The van der Waals surface area contributed by atoms with Crippen LogP contribution in [-0.4, -0.2) is 21.7 Å². The summed E-state index contributed by atoms with van der Waals surface area (Å²) in [4.78, 5) is -2.00. The summed E-state index contributed by atoms with van der Waals surface area (Å²) >= 11 is 10.4. The lowest BCUT2D eigenvalue weighted by Crippen LogP contribution is -2.48. The summed E-state index contributed by atoms with van der Waals surface area (Å²) in [6.45, 7) is 0. The van der Waals surface area contributed by atoms with Crippen molar-refractivity contribution in [3.8, 4) is 0 Å². The molecule has 0 spiro atoms. The zero-order valence-electron chi connectivity index (χ0n) is 8.46. The smallest absolute Gasteiger partial charge is 0.375 e. The van der Waals surface area contributed by atoms with Crippen LogP contribution in [0, 0.1) is 0 Å². The molecule has 0 aliphatic carbocycles. The van der Waals surface area contributed by atoms with Gasteiger partial charge in [-0.05, 0) is 11.6 Å². The maximum atomic E-state index is 12.6. The van der Waals surface area contributed by atoms with Gasteiger partial charge in [0.2, 0.25) is 5.60 Å². The highest BCUT2D eigenvalue weighted by Crippen LogP contribution is 2.38. The summed E-state index contributed by atoms with van der Waals surface area (Å²) in [5.41, 5.74) is -2.75. The Morgan fingerprint density at radius 3 is 2.06 bits per heavy atom. The summed E-state index contributed by atoms with van der Waals surface area (Å²) in [6, 6.07) is 8.21. The third-order valence-electron chi connectivity index (χ3n) is 2.12. The standard InChI is InChI=1S/C11H9Cl2F3O/c12-9(13)10(17,11(14,15)16)7-6-8-4-2-1-3-5-8/h1-7,9,17H/b7-6+. The fourth-order valence-corrected chi connectivity index (χ4v) is 1.47. The molecule has 1 unspecified atom stereocenters. The Labute approximate surface area is 106 Å². The van der Waals surface area contributed by atoms with E-state index in [1.54, 1.807) is 30.3 Å². The van der Waals surface area contributed by atoms with Gasteiger partial charge in [0.1, 0.15) is 4.84 Å². The van der Waals surface area contributed by atoms with Crippen molar-refractivity contribution in [3.05, 3.63) is 42.0 Å². The highest BCUT2D eigenvalue weighted by atomic mass is 35.5. The second-order valence-electron chi connectivity index (χ2n) is 3.37. The highest BCUT2D eigenvalue weighted by molar-refractivity contribution is 6.45. The van der Waals surface area contributed by atoms with Crippen molar-refractivity contribution in [2.75, 3.05) is 0 Å². The molecule has 0 fully saturated rings. The maximum Gasteiger partial charge on any atom is 0.423 e. The Hall–Kier alpha value is -0.710. The monoisotopic (exact) mass is 284 g/mol. The van der Waals surface area contributed by atoms with E-state index in [0.29, 0.717) is 11.6 Å². The van der Waals surface area contributed by atoms with E-state index in [4.69, 9.17) is 23.2 Å². The summed E-state index contributed by atoms with van der Waals surface area (Å²) < 4.78 is 37.8. The van der Waals surface area contributed by atoms with Crippen molar-refractivity contribution >= 4 is 29.3 Å². The second-order valence-corrected chi connectivity index (χ2v) is 4.46. The molecule has 1 aromatic rings. The minimum atomic E-state index is -4.94. The third kappa shape index (κ3) is 3.37. The first-order chi connectivity index (χ1) is 7.77. The van der Waals surface area contributed by atoms with E-state index in [0.717, 1.165) is 6.08 Å². The largest absolute Gasteiger partial charge is 0.423 e. The van der Waals surface area contributed by atoms with Crippen LogP contribution in [-0.2, 0) is 0 Å². The van der Waals surface area contributed by atoms with E-state index in [9.17, 15) is 18.3 Å². The Balaban J connectivity index is 3.00. The predicted octanol–water partition coefficient (Wildman–Crippen LogP) is 3.80. The lowest BCUT2D eigenvalue weighted by Gasteiger charge is -2.28. The molecule has 0 aliphatic rings. The van der Waals surface area contributed by atoms with Gasteiger partial charge >= 0.3 is 6.18 Å². The summed E-state index contributed by atoms with van der Waals surface area (Å²) in [6.07, 6.45) is -3.27. The number of hydrogen-bond acceptors (Lipinski definition) is 1. The van der Waals surface area contributed by atoms with E-state index in [1.165, 1.54) is 0 Å². The van der Waals surface area contributed by atoms with Gasteiger partial charge in [-0.25, -0.2) is 0 Å². The Kier molecular flexibility index (Phi) is 4.47. The van der Waals surface area contributed by atoms with Gasteiger partial charge in [0.15, 0.2) is 0 Å². The number of hydrogen-bond donors (Lipinski definition) is 1. The van der Waals surface area contributed by atoms with Gasteiger partial charge < -0.3 is 5.11 Å². The Morgan fingerprint density at radius 2 is 1.65 bits per heavy atom. The molecule has 0 bridgehead atoms. The van der Waals surface area contributed by atoms with Crippen molar-refractivity contribution in [2.24, 2.45) is 0 Å². The first kappa shape index (κ1) is 14.4. The van der Waals surface area contributed by atoms with Crippen molar-refractivity contribution in [1.82, 2.24) is 0 Å². The molecule has 1 aromatic carbocycles. The average molecular weight is 285 g/mol. The molecule has 0 aromatic heterocycles. The second kappa shape index (κ2) is 5.29. The molecule has 6 heteroatoms. The van der Waals surface area contributed by atoms with Gasteiger partial charge in [-0.15, -0.1) is 23.2 Å². The van der Waals surface area contributed by atoms with Crippen LogP contribution in [0.3, 0.4) is 0 Å². The lowest BCUT2D eigenvalue weighted by atomic mass is 10.0. The number of halogens is 5. The maximum absolute atomic E-state index is 12.6. The zero-order chi connectivity index (χ0) is 13.1. The van der Waals surface area contributed by atoms with Gasteiger partial charge in [-0.1, -0.05) is 36.4 Å². The quantitative estimate of drug-likeness (QED) is 0.837. The summed E-state index contributed by atoms with van der Waals surface area (Å²) in [7, 11) is 0. The summed E-state index contributed by atoms with van der Waals surface area (Å²) in [5.74, 6) is 0. The van der Waals surface area contributed by atoms with Crippen molar-refractivity contribution < 1.29 is 18.3 Å². The normalized spacial score (nSPS) is 16.4. The minimum absolute atomic E-state index is 0.504. The molecule has 1 atom stereocenters. The van der Waals surface area contributed by atoms with Crippen LogP contribution in [0.2, 0.25) is 0 Å². The molecule has 0 amide bonds. The fourth-order valence-electron chi connectivity index (χ4n) is 1.08. The van der Waals surface area contributed by atoms with Gasteiger partial charge in [-0.3, -0.25) is 0 Å². The molecule has 1 rings (SSSR count). The molecule has 0 radical (unpaired) electrons. The minimum Gasteiger partial charge on any atom is -0.375 e. The molecule has 0 heterocycles. The van der Waals surface area contributed by atoms with Gasteiger partial charge in [0, 0.05) is 0 Å². The van der Waals surface area contributed by atoms with Crippen molar-refractivity contribution in [2.45, 2.75) is 16.6 Å². The van der Waals surface area contributed by atoms with Crippen molar-refractivity contribution in [3.63, 3.8) is 0 Å². The molecule has 0 aliphatic heterocycles. The van der Waals surface area contributed by atoms with Gasteiger partial charge in [0.25, 0.3) is 0 Å². The third-order valence-corrected chi connectivity index (χ3v) is 2.78.